The highest BCUT2D eigenvalue weighted by Gasteiger charge is 2.38. The predicted molar refractivity (Wildman–Crippen MR) is 397 cm³/mol. The Morgan fingerprint density at radius 2 is 1.06 bits per heavy atom. The molecule has 10 N–H and O–H groups in total. The lowest BCUT2D eigenvalue weighted by Gasteiger charge is -2.31. The zero-order valence-corrected chi connectivity index (χ0v) is 61.1. The van der Waals surface area contributed by atoms with Crippen LogP contribution in [0.1, 0.15) is 179 Å². The zero-order valence-electron chi connectivity index (χ0n) is 54.8. The fourth-order valence-electron chi connectivity index (χ4n) is 13.7. The fourth-order valence-corrected chi connectivity index (χ4v) is 16.3. The van der Waals surface area contributed by atoms with Gasteiger partial charge in [0.1, 0.15) is 10.6 Å². The van der Waals surface area contributed by atoms with Gasteiger partial charge in [0.15, 0.2) is 12.6 Å². The number of aliphatic carboxylic acids is 2. The number of carbonyl (C=O) groups is 4. The summed E-state index contributed by atoms with van der Waals surface area (Å²) in [6.07, 6.45) is 21.4. The second-order valence-electron chi connectivity index (χ2n) is 24.7. The first kappa shape index (κ1) is 72.7. The smallest absolute Gasteiger partial charge is 0.300 e. The summed E-state index contributed by atoms with van der Waals surface area (Å²) in [6, 6.07) is 33.9. The average Bonchev–Trinajstić information content (AvgIpc) is 1.62. The molecule has 2 aliphatic heterocycles. The van der Waals surface area contributed by atoms with Crippen molar-refractivity contribution in [1.82, 2.24) is 29.4 Å². The number of carboxylic acid groups (broad SMARTS) is 2. The largest absolute Gasteiger partial charge is 0.495 e. The highest BCUT2D eigenvalue weighted by atomic mass is 79.9. The maximum Gasteiger partial charge on any atom is 0.300 e. The molecule has 0 bridgehead atoms. The van der Waals surface area contributed by atoms with Crippen molar-refractivity contribution >= 4 is 145 Å². The second-order valence-corrected chi connectivity index (χ2v) is 29.2. The van der Waals surface area contributed by atoms with E-state index in [1.165, 1.54) is 126 Å². The number of nitrogens with two attached hydrogens (primary N) is 2. The van der Waals surface area contributed by atoms with Gasteiger partial charge in [-0.15, -0.1) is 22.7 Å². The van der Waals surface area contributed by atoms with Gasteiger partial charge in [0.05, 0.1) is 30.2 Å². The summed E-state index contributed by atoms with van der Waals surface area (Å²) in [6.45, 7) is 4.99. The van der Waals surface area contributed by atoms with Crippen LogP contribution in [-0.4, -0.2) is 90.4 Å². The number of hydrogen-bond donors (Lipinski definition) is 8. The molecule has 6 aliphatic rings. The van der Waals surface area contributed by atoms with Gasteiger partial charge in [-0.1, -0.05) is 55.1 Å². The molecular formula is C74H82Br2Cl2N8O9S2. The molecule has 97 heavy (non-hydrogen) atoms. The minimum atomic E-state index is -0.833. The van der Waals surface area contributed by atoms with E-state index in [4.69, 9.17) is 68.7 Å². The number of hydrogen-bond acceptors (Lipinski definition) is 11. The Kier molecular flexibility index (Phi) is 25.3. The SMILES string of the molecule is CC(=O)O.CC(=O)O.COC1CCC(C)O1.COc1ccsc1C=O.Clc1ccc2[nH]c3c(c2c1)CCCC3n1cccc1.NC1CCCc2c1[nH]c1ccc(Br)cc21.NC1CCCc2c1[nH]c1ccc(Cl)cc21.O=C1c2sccc2CN1C1CCCc2c1[nH]c1ccc(Br)cc21. The Hall–Kier alpha value is -7.02. The molecule has 512 valence electrons. The number of methoxy groups -OCH3 is 2. The topological polar surface area (TPSA) is 260 Å². The molecule has 23 heteroatoms. The van der Waals surface area contributed by atoms with Crippen LogP contribution in [0.2, 0.25) is 10.0 Å². The van der Waals surface area contributed by atoms with Gasteiger partial charge in [0.25, 0.3) is 17.8 Å². The van der Waals surface area contributed by atoms with Crippen molar-refractivity contribution in [2.24, 2.45) is 11.5 Å². The Labute approximate surface area is 598 Å². The minimum absolute atomic E-state index is 0.0741. The third-order valence-electron chi connectivity index (χ3n) is 18.1. The summed E-state index contributed by atoms with van der Waals surface area (Å²) < 4.78 is 19.6. The number of aromatic nitrogens is 5. The van der Waals surface area contributed by atoms with Gasteiger partial charge in [0, 0.05) is 144 Å². The van der Waals surface area contributed by atoms with E-state index in [0.717, 1.165) is 120 Å². The van der Waals surface area contributed by atoms with Gasteiger partial charge in [0.2, 0.25) is 0 Å². The van der Waals surface area contributed by atoms with Gasteiger partial charge in [-0.2, -0.15) is 0 Å². The number of amides is 1. The van der Waals surface area contributed by atoms with E-state index in [9.17, 15) is 9.59 Å². The summed E-state index contributed by atoms with van der Waals surface area (Å²) >= 11 is 22.2. The lowest BCUT2D eigenvalue weighted by molar-refractivity contribution is -0.135. The van der Waals surface area contributed by atoms with Crippen molar-refractivity contribution in [2.75, 3.05) is 14.2 Å². The number of carboxylic acids is 2. The van der Waals surface area contributed by atoms with Crippen LogP contribution in [0.15, 0.2) is 129 Å². The van der Waals surface area contributed by atoms with Crippen LogP contribution in [0.5, 0.6) is 5.75 Å². The van der Waals surface area contributed by atoms with E-state index >= 15 is 0 Å². The summed E-state index contributed by atoms with van der Waals surface area (Å²) in [5.41, 5.74) is 28.8. The third kappa shape index (κ3) is 17.7. The number of aryl methyl sites for hydroxylation is 4. The zero-order chi connectivity index (χ0) is 69.0. The van der Waals surface area contributed by atoms with Gasteiger partial charge in [-0.25, -0.2) is 0 Å². The lowest BCUT2D eigenvalue weighted by atomic mass is 9.91. The van der Waals surface area contributed by atoms with Gasteiger partial charge in [-0.05, 0) is 226 Å². The molecule has 0 saturated carbocycles. The molecule has 6 unspecified atom stereocenters. The van der Waals surface area contributed by atoms with Crippen LogP contribution in [0.25, 0.3) is 43.6 Å². The molecule has 1 amide bonds. The molecule has 1 fully saturated rings. The Morgan fingerprint density at radius 3 is 1.51 bits per heavy atom. The number of nitrogens with zero attached hydrogens (tertiary/aromatic N) is 2. The highest BCUT2D eigenvalue weighted by Crippen LogP contribution is 2.44. The van der Waals surface area contributed by atoms with Crippen molar-refractivity contribution in [1.29, 1.82) is 0 Å². The van der Waals surface area contributed by atoms with Crippen LogP contribution >= 0.6 is 77.7 Å². The van der Waals surface area contributed by atoms with E-state index in [0.29, 0.717) is 22.8 Å². The molecule has 4 aromatic carbocycles. The van der Waals surface area contributed by atoms with Crippen LogP contribution in [-0.2, 0) is 51.3 Å². The predicted octanol–water partition coefficient (Wildman–Crippen LogP) is 18.9. The van der Waals surface area contributed by atoms with Crippen LogP contribution in [0.4, 0.5) is 0 Å². The number of benzene rings is 4. The van der Waals surface area contributed by atoms with E-state index in [1.54, 1.807) is 31.6 Å². The number of halogens is 4. The summed E-state index contributed by atoms with van der Waals surface area (Å²) in [5.74, 6) is -0.803. The Balaban J connectivity index is 0.000000127. The van der Waals surface area contributed by atoms with Crippen LogP contribution < -0.4 is 16.2 Å². The quantitative estimate of drug-likeness (QED) is 0.0752. The highest BCUT2D eigenvalue weighted by molar-refractivity contribution is 9.10. The number of carbonyl (C=O) groups excluding carboxylic acids is 2. The number of nitrogens with one attached hydrogen (secondary N) is 4. The molecule has 4 aliphatic carbocycles. The van der Waals surface area contributed by atoms with Crippen molar-refractivity contribution in [3.63, 3.8) is 0 Å². The van der Waals surface area contributed by atoms with Crippen molar-refractivity contribution < 1.29 is 43.6 Å². The van der Waals surface area contributed by atoms with Crippen molar-refractivity contribution in [3.05, 3.63) is 200 Å². The molecular weight excluding hydrogens is 1440 g/mol. The lowest BCUT2D eigenvalue weighted by Crippen LogP contribution is -2.31. The summed E-state index contributed by atoms with van der Waals surface area (Å²) in [4.78, 5) is 58.6. The molecule has 0 spiro atoms. The van der Waals surface area contributed by atoms with Crippen LogP contribution in [0, 0.1) is 0 Å². The normalized spacial score (nSPS) is 19.3. The molecule has 0 radical (unpaired) electrons. The Morgan fingerprint density at radius 1 is 0.619 bits per heavy atom. The molecule has 11 aromatic rings. The van der Waals surface area contributed by atoms with Crippen molar-refractivity contribution in [2.45, 2.75) is 154 Å². The maximum absolute atomic E-state index is 12.8. The van der Waals surface area contributed by atoms with E-state index in [-0.39, 0.29) is 30.3 Å². The standard InChI is InChI=1S/C18H15BrN2OS.C16H15ClN2.C12H13BrN2.C12H13ClN2.C6H6O2S.C6H12O2.2C2H4O2/c19-11-4-5-14-13(8-11)12-2-1-3-15(16(12)20-14)21-9-10-6-7-23-17(10)18(21)22;17-11-6-7-14-13(10-11)12-4-3-5-15(16(12)18-14)19-8-1-2-9-19;2*13-7-4-5-11-9(6-7)8-2-1-3-10(14)12(8)15-11;1-8-5-2-3-9-6(5)4-7;1-5-3-4-6(7-2)8-5;2*1-2(3)4/h4-8,15,20H,1-3,9H2;1-2,6-10,15,18H,3-5H2;2*4-6,10,15H,1-3,14H2;2-4H,1H3;5-6H,3-4H2,1-2H3;2*1H3,(H,3,4). The molecule has 17 nitrogen and oxygen atoms in total. The first-order valence-electron chi connectivity index (χ1n) is 32.6. The monoisotopic (exact) mass is 1520 g/mol. The number of rotatable bonds is 5. The first-order chi connectivity index (χ1) is 46.7. The summed E-state index contributed by atoms with van der Waals surface area (Å²) in [5, 5.41) is 25.4. The first-order valence-corrected chi connectivity index (χ1v) is 36.7. The average molecular weight is 1520 g/mol. The number of aromatic amines is 4. The Bertz CT molecular complexity index is 4400. The number of aldehydes is 1. The number of H-pyrrole nitrogens is 4. The van der Waals surface area contributed by atoms with Gasteiger partial charge >= 0.3 is 0 Å². The number of ether oxygens (including phenoxy) is 3. The molecule has 7 aromatic heterocycles. The van der Waals surface area contributed by atoms with Gasteiger partial charge in [-0.3, -0.25) is 19.2 Å². The summed E-state index contributed by atoms with van der Waals surface area (Å²) in [7, 11) is 3.23. The van der Waals surface area contributed by atoms with Gasteiger partial charge < -0.3 is 65.3 Å². The molecule has 6 atom stereocenters. The van der Waals surface area contributed by atoms with E-state index in [1.807, 2.05) is 35.0 Å². The molecule has 9 heterocycles. The number of thiophene rings is 2. The number of fused-ring (bicyclic) bond motifs is 13. The molecule has 17 rings (SSSR count). The van der Waals surface area contributed by atoms with E-state index in [2.05, 4.69) is 147 Å². The molecule has 1 saturated heterocycles. The fraction of sp³-hybridized carbons (Fsp3) is 0.351. The third-order valence-corrected chi connectivity index (χ3v) is 21.3. The maximum atomic E-state index is 12.8. The van der Waals surface area contributed by atoms with Crippen molar-refractivity contribution in [3.8, 4) is 5.75 Å². The van der Waals surface area contributed by atoms with E-state index < -0.39 is 11.9 Å². The minimum Gasteiger partial charge on any atom is -0.495 e. The second kappa shape index (κ2) is 33.7. The van der Waals surface area contributed by atoms with Crippen LogP contribution in [0.3, 0.4) is 0 Å².